The lowest BCUT2D eigenvalue weighted by molar-refractivity contribution is -0.271. The zero-order valence-electron chi connectivity index (χ0n) is 16.4. The molecule has 4 rings (SSSR count). The van der Waals surface area contributed by atoms with E-state index < -0.39 is 54.3 Å². The minimum absolute atomic E-state index is 0.0185. The SMILES string of the molecule is O=C1CC(c2ccc(O)cc2)Oc2cc(OC3O[C@@H](C(=O)O)[C@H](O)[C@@H](O)[C@@H]3O)cc(O)c21. The van der Waals surface area contributed by atoms with E-state index in [4.69, 9.17) is 19.3 Å². The van der Waals surface area contributed by atoms with Gasteiger partial charge in [-0.2, -0.15) is 0 Å². The van der Waals surface area contributed by atoms with Crippen LogP contribution in [-0.4, -0.2) is 73.1 Å². The summed E-state index contributed by atoms with van der Waals surface area (Å²) in [5, 5.41) is 58.7. The van der Waals surface area contributed by atoms with Crippen LogP contribution in [0.15, 0.2) is 36.4 Å². The molecule has 2 heterocycles. The van der Waals surface area contributed by atoms with Crippen LogP contribution < -0.4 is 9.47 Å². The molecule has 2 aromatic carbocycles. The lowest BCUT2D eigenvalue weighted by Crippen LogP contribution is -2.61. The number of benzene rings is 2. The van der Waals surface area contributed by atoms with Crippen LogP contribution in [0.3, 0.4) is 0 Å². The Morgan fingerprint density at radius 1 is 1.00 bits per heavy atom. The van der Waals surface area contributed by atoms with Gasteiger partial charge < -0.3 is 44.8 Å². The molecule has 0 aromatic heterocycles. The summed E-state index contributed by atoms with van der Waals surface area (Å²) in [6.07, 6.45) is -9.86. The van der Waals surface area contributed by atoms with E-state index in [0.717, 1.165) is 6.07 Å². The van der Waals surface area contributed by atoms with Crippen molar-refractivity contribution >= 4 is 11.8 Å². The number of Topliss-reactive ketones (excluding diaryl/α,β-unsaturated/α-hetero) is 1. The van der Waals surface area contributed by atoms with E-state index in [0.29, 0.717) is 5.56 Å². The predicted octanol–water partition coefficient (Wildman–Crippen LogP) is 0.0753. The summed E-state index contributed by atoms with van der Waals surface area (Å²) < 4.78 is 16.3. The fourth-order valence-electron chi connectivity index (χ4n) is 3.64. The van der Waals surface area contributed by atoms with Crippen molar-refractivity contribution in [1.29, 1.82) is 0 Å². The van der Waals surface area contributed by atoms with Crippen LogP contribution in [0.4, 0.5) is 0 Å². The Morgan fingerprint density at radius 3 is 2.34 bits per heavy atom. The Kier molecular flexibility index (Phi) is 5.65. The highest BCUT2D eigenvalue weighted by atomic mass is 16.7. The maximum Gasteiger partial charge on any atom is 0.335 e. The van der Waals surface area contributed by atoms with Crippen molar-refractivity contribution in [2.24, 2.45) is 0 Å². The number of ketones is 1. The van der Waals surface area contributed by atoms with Gasteiger partial charge in [-0.25, -0.2) is 4.79 Å². The van der Waals surface area contributed by atoms with Gasteiger partial charge >= 0.3 is 5.97 Å². The Bertz CT molecular complexity index is 1030. The van der Waals surface area contributed by atoms with Gasteiger partial charge in [-0.3, -0.25) is 4.79 Å². The van der Waals surface area contributed by atoms with Crippen molar-refractivity contribution in [1.82, 2.24) is 0 Å². The quantitative estimate of drug-likeness (QED) is 0.372. The standard InChI is InChI=1S/C21H20O11/c22-9-3-1-8(2-4-9)13-7-12(24)15-11(23)5-10(6-14(15)31-13)30-21-18(27)16(25)17(26)19(32-21)20(28)29/h1-6,13,16-19,21-23,25-27H,7H2,(H,28,29)/t13?,16-,17-,18+,19-,21?/m1/s1. The summed E-state index contributed by atoms with van der Waals surface area (Å²) in [5.74, 6) is -2.55. The smallest absolute Gasteiger partial charge is 0.335 e. The van der Waals surface area contributed by atoms with Crippen molar-refractivity contribution < 1.29 is 54.4 Å². The van der Waals surface area contributed by atoms with Crippen LogP contribution in [-0.2, 0) is 9.53 Å². The van der Waals surface area contributed by atoms with Crippen molar-refractivity contribution in [3.8, 4) is 23.0 Å². The molecule has 2 aliphatic rings. The van der Waals surface area contributed by atoms with E-state index in [9.17, 15) is 35.1 Å². The summed E-state index contributed by atoms with van der Waals surface area (Å²) in [6, 6.07) is 8.37. The molecule has 0 radical (unpaired) electrons. The monoisotopic (exact) mass is 448 g/mol. The van der Waals surface area contributed by atoms with Crippen LogP contribution in [0.5, 0.6) is 23.0 Å². The second-order valence-corrected chi connectivity index (χ2v) is 7.49. The topological polar surface area (TPSA) is 183 Å². The fraction of sp³-hybridized carbons (Fsp3) is 0.333. The molecule has 2 aromatic rings. The number of carboxylic acids is 1. The van der Waals surface area contributed by atoms with E-state index in [1.807, 2.05) is 0 Å². The highest BCUT2D eigenvalue weighted by Crippen LogP contribution is 2.42. The lowest BCUT2D eigenvalue weighted by atomic mass is 9.95. The number of ether oxygens (including phenoxy) is 3. The first-order valence-corrected chi connectivity index (χ1v) is 9.60. The highest BCUT2D eigenvalue weighted by Gasteiger charge is 2.48. The zero-order chi connectivity index (χ0) is 23.2. The van der Waals surface area contributed by atoms with Gasteiger partial charge in [0.15, 0.2) is 11.9 Å². The first-order chi connectivity index (χ1) is 15.2. The third-order valence-corrected chi connectivity index (χ3v) is 5.30. The average Bonchev–Trinajstić information content (AvgIpc) is 2.73. The van der Waals surface area contributed by atoms with E-state index in [1.165, 1.54) is 18.2 Å². The maximum absolute atomic E-state index is 12.6. The predicted molar refractivity (Wildman–Crippen MR) is 103 cm³/mol. The third-order valence-electron chi connectivity index (χ3n) is 5.30. The second-order valence-electron chi connectivity index (χ2n) is 7.49. The number of carbonyl (C=O) groups excluding carboxylic acids is 1. The fourth-order valence-corrected chi connectivity index (χ4v) is 3.64. The van der Waals surface area contributed by atoms with Crippen LogP contribution in [0, 0.1) is 0 Å². The molecule has 0 saturated carbocycles. The average molecular weight is 448 g/mol. The normalized spacial score (nSPS) is 29.7. The largest absolute Gasteiger partial charge is 0.508 e. The van der Waals surface area contributed by atoms with E-state index in [2.05, 4.69) is 0 Å². The number of hydrogen-bond donors (Lipinski definition) is 6. The van der Waals surface area contributed by atoms with Crippen molar-refractivity contribution in [2.75, 3.05) is 0 Å². The Labute approximate surface area is 180 Å². The molecular weight excluding hydrogens is 428 g/mol. The molecule has 6 atom stereocenters. The Hall–Kier alpha value is -3.38. The van der Waals surface area contributed by atoms with E-state index in [-0.39, 0.29) is 29.2 Å². The van der Waals surface area contributed by atoms with Gasteiger partial charge in [-0.05, 0) is 17.7 Å². The number of aliphatic carboxylic acids is 1. The molecule has 0 spiro atoms. The molecule has 0 aliphatic carbocycles. The number of rotatable bonds is 4. The molecular formula is C21H20O11. The number of aliphatic hydroxyl groups is 3. The Morgan fingerprint density at radius 2 is 1.69 bits per heavy atom. The maximum atomic E-state index is 12.6. The number of carboxylic acid groups (broad SMARTS) is 1. The van der Waals surface area contributed by atoms with Gasteiger partial charge in [0.2, 0.25) is 6.29 Å². The first-order valence-electron chi connectivity index (χ1n) is 9.60. The molecule has 1 fully saturated rings. The number of carbonyl (C=O) groups is 2. The van der Waals surface area contributed by atoms with E-state index in [1.54, 1.807) is 12.1 Å². The number of aromatic hydroxyl groups is 2. The van der Waals surface area contributed by atoms with Gasteiger partial charge in [0.1, 0.15) is 53.0 Å². The van der Waals surface area contributed by atoms with Gasteiger partial charge in [0.05, 0.1) is 6.42 Å². The van der Waals surface area contributed by atoms with Crippen molar-refractivity contribution in [3.63, 3.8) is 0 Å². The summed E-state index contributed by atoms with van der Waals surface area (Å²) in [5.41, 5.74) is 0.538. The number of phenolic OH excluding ortho intramolecular Hbond substituents is 2. The summed E-state index contributed by atoms with van der Waals surface area (Å²) in [7, 11) is 0. The van der Waals surface area contributed by atoms with Crippen LogP contribution >= 0.6 is 0 Å². The van der Waals surface area contributed by atoms with Gasteiger partial charge in [-0.15, -0.1) is 0 Å². The lowest BCUT2D eigenvalue weighted by Gasteiger charge is -2.38. The molecule has 170 valence electrons. The van der Waals surface area contributed by atoms with Crippen LogP contribution in [0.25, 0.3) is 0 Å². The molecule has 11 nitrogen and oxygen atoms in total. The van der Waals surface area contributed by atoms with Crippen LogP contribution in [0.2, 0.25) is 0 Å². The first kappa shape index (κ1) is 21.8. The molecule has 0 bridgehead atoms. The molecule has 11 heteroatoms. The summed E-state index contributed by atoms with van der Waals surface area (Å²) in [6.45, 7) is 0. The van der Waals surface area contributed by atoms with Crippen molar-refractivity contribution in [3.05, 3.63) is 47.5 Å². The zero-order valence-corrected chi connectivity index (χ0v) is 16.4. The summed E-state index contributed by atoms with van der Waals surface area (Å²) >= 11 is 0. The van der Waals surface area contributed by atoms with Crippen molar-refractivity contribution in [2.45, 2.75) is 43.2 Å². The van der Waals surface area contributed by atoms with Gasteiger partial charge in [-0.1, -0.05) is 12.1 Å². The molecule has 2 aliphatic heterocycles. The summed E-state index contributed by atoms with van der Waals surface area (Å²) in [4.78, 5) is 23.8. The van der Waals surface area contributed by atoms with Crippen LogP contribution in [0.1, 0.15) is 28.4 Å². The Balaban J connectivity index is 1.60. The minimum Gasteiger partial charge on any atom is -0.508 e. The van der Waals surface area contributed by atoms with Gasteiger partial charge in [0, 0.05) is 12.1 Å². The second kappa shape index (κ2) is 8.28. The molecule has 2 unspecified atom stereocenters. The number of fused-ring (bicyclic) bond motifs is 1. The van der Waals surface area contributed by atoms with Gasteiger partial charge in [0.25, 0.3) is 0 Å². The highest BCUT2D eigenvalue weighted by molar-refractivity contribution is 6.02. The third kappa shape index (κ3) is 3.94. The number of aliphatic hydroxyl groups excluding tert-OH is 3. The molecule has 32 heavy (non-hydrogen) atoms. The van der Waals surface area contributed by atoms with E-state index >= 15 is 0 Å². The molecule has 1 saturated heterocycles. The minimum atomic E-state index is -1.88. The molecule has 6 N–H and O–H groups in total. The molecule has 0 amide bonds. The number of phenols is 2. The number of hydrogen-bond acceptors (Lipinski definition) is 10.